The Morgan fingerprint density at radius 2 is 1.57 bits per heavy atom. The minimum absolute atomic E-state index is 0.00491. The molecule has 0 aromatic carbocycles. The maximum atomic E-state index is 14.8. The average molecular weight is 1070 g/mol. The largest absolute Gasteiger partial charge is 0.460 e. The van der Waals surface area contributed by atoms with Crippen molar-refractivity contribution in [1.82, 2.24) is 4.90 Å². The zero-order chi connectivity index (χ0) is 55.5. The lowest BCUT2D eigenvalue weighted by Crippen LogP contribution is -2.61. The van der Waals surface area contributed by atoms with Gasteiger partial charge in [-0.05, 0) is 113 Å². The molecule has 430 valence electrons. The SMILES string of the molecule is CO[C@@H]1C[C@H](C[C@@H](C)[C@@H]2CC(=O)C(C)/C=C(\C)[C@@H](O)[C@@H](OC)C(=O)[C@H](C)C[C@H](C)/C=C/C=C/C=C(\C)[C@@H](OCCOC3COC3)C[C@@H]3CC[C@@H](C)[C@@](OC)(O3)C(=O)C(=O)N3CCCC[C@H]3C(=O)O2)CC[C@H]1OCCCO. The van der Waals surface area contributed by atoms with Crippen LogP contribution in [0.2, 0.25) is 0 Å². The summed E-state index contributed by atoms with van der Waals surface area (Å²) in [4.78, 5) is 73.8. The fourth-order valence-corrected chi connectivity index (χ4v) is 11.5. The van der Waals surface area contributed by atoms with Gasteiger partial charge >= 0.3 is 5.97 Å². The lowest BCUT2D eigenvalue weighted by Gasteiger charge is -2.45. The Morgan fingerprint density at radius 1 is 0.816 bits per heavy atom. The highest BCUT2D eigenvalue weighted by atomic mass is 16.7. The number of esters is 1. The highest BCUT2D eigenvalue weighted by Crippen LogP contribution is 2.40. The molecular formula is C59H93NO16. The van der Waals surface area contributed by atoms with Crippen molar-refractivity contribution in [3.05, 3.63) is 47.6 Å². The molecule has 0 aromatic heterocycles. The molecular weight excluding hydrogens is 979 g/mol. The minimum atomic E-state index is -1.93. The number of rotatable bonds is 15. The maximum Gasteiger partial charge on any atom is 0.329 e. The molecule has 1 saturated carbocycles. The summed E-state index contributed by atoms with van der Waals surface area (Å²) < 4.78 is 54.3. The van der Waals surface area contributed by atoms with Crippen LogP contribution in [0.3, 0.4) is 0 Å². The van der Waals surface area contributed by atoms with E-state index in [1.165, 1.54) is 19.1 Å². The van der Waals surface area contributed by atoms with Crippen LogP contribution in [0.15, 0.2) is 47.6 Å². The second kappa shape index (κ2) is 31.3. The quantitative estimate of drug-likeness (QED) is 0.0730. The van der Waals surface area contributed by atoms with Gasteiger partial charge in [-0.1, -0.05) is 71.1 Å². The maximum absolute atomic E-state index is 14.8. The second-order valence-corrected chi connectivity index (χ2v) is 22.4. The Labute approximate surface area is 452 Å². The van der Waals surface area contributed by atoms with Crippen molar-refractivity contribution in [2.24, 2.45) is 35.5 Å². The van der Waals surface area contributed by atoms with Crippen LogP contribution in [-0.4, -0.2) is 173 Å². The summed E-state index contributed by atoms with van der Waals surface area (Å²) in [5.41, 5.74) is 1.30. The Kier molecular flexibility index (Phi) is 26.1. The Bertz CT molecular complexity index is 2000. The first-order chi connectivity index (χ1) is 36.4. The van der Waals surface area contributed by atoms with E-state index in [1.807, 2.05) is 65.0 Å². The topological polar surface area (TPSA) is 212 Å². The summed E-state index contributed by atoms with van der Waals surface area (Å²) in [7, 11) is 4.42. The van der Waals surface area contributed by atoms with Gasteiger partial charge in [0.1, 0.15) is 36.2 Å². The van der Waals surface area contributed by atoms with Crippen LogP contribution in [0.5, 0.6) is 0 Å². The number of methoxy groups -OCH3 is 3. The molecule has 15 atom stereocenters. The lowest BCUT2D eigenvalue weighted by atomic mass is 9.78. The van der Waals surface area contributed by atoms with E-state index in [9.17, 15) is 34.2 Å². The number of ether oxygens (including phenoxy) is 9. The van der Waals surface area contributed by atoms with Crippen molar-refractivity contribution in [3.63, 3.8) is 0 Å². The molecule has 4 aliphatic heterocycles. The first-order valence-corrected chi connectivity index (χ1v) is 28.2. The van der Waals surface area contributed by atoms with E-state index >= 15 is 0 Å². The molecule has 1 amide bonds. The number of aliphatic hydroxyl groups excluding tert-OH is 2. The van der Waals surface area contributed by atoms with Crippen molar-refractivity contribution >= 4 is 29.2 Å². The normalized spacial score (nSPS) is 37.4. The fourth-order valence-electron chi connectivity index (χ4n) is 11.5. The molecule has 17 heteroatoms. The number of amides is 1. The molecule has 4 heterocycles. The van der Waals surface area contributed by atoms with Gasteiger partial charge in [0, 0.05) is 71.7 Å². The molecule has 1 unspecified atom stereocenters. The number of piperidine rings is 1. The summed E-state index contributed by atoms with van der Waals surface area (Å²) >= 11 is 0. The average Bonchev–Trinajstić information content (AvgIpc) is 3.39. The van der Waals surface area contributed by atoms with Crippen LogP contribution in [0.25, 0.3) is 0 Å². The standard InChI is InChI=1S/C59H93NO16/c1-37-17-12-11-13-18-38(2)50(74-28-27-72-46-35-71-36-46)33-45-22-20-43(7)59(70-10,76-45)56(65)57(66)60-24-15-14-19-47(60)58(67)75-51(40(4)31-44-21-23-49(52(32-44)68-8)73-26-16-25-61)34-48(62)39(3)30-42(6)54(64)55(69-9)53(63)41(5)29-37/h11-13,17-18,30,37,39-41,43-47,49-52,54-55,61,64H,14-16,19-29,31-36H2,1-10H3/b13-11+,17-12+,38-18+,42-30+/t37-,39?,40-,41-,43-,44+,45+,47+,49-,50+,51+,52-,54-,55+,59-/m1/s1. The van der Waals surface area contributed by atoms with Gasteiger partial charge in [-0.15, -0.1) is 0 Å². The molecule has 2 N–H and O–H groups in total. The predicted molar refractivity (Wildman–Crippen MR) is 285 cm³/mol. The third-order valence-corrected chi connectivity index (χ3v) is 16.4. The first kappa shape index (κ1) is 63.3. The Hall–Kier alpha value is -3.49. The number of ketones is 3. The molecule has 0 spiro atoms. The monoisotopic (exact) mass is 1070 g/mol. The second-order valence-electron chi connectivity index (χ2n) is 22.4. The minimum Gasteiger partial charge on any atom is -0.460 e. The van der Waals surface area contributed by atoms with Crippen LogP contribution < -0.4 is 0 Å². The first-order valence-electron chi connectivity index (χ1n) is 28.2. The molecule has 0 aromatic rings. The molecule has 3 saturated heterocycles. The van der Waals surface area contributed by atoms with E-state index in [2.05, 4.69) is 0 Å². The van der Waals surface area contributed by atoms with Gasteiger partial charge < -0.3 is 57.7 Å². The van der Waals surface area contributed by atoms with Gasteiger partial charge in [-0.25, -0.2) is 4.79 Å². The summed E-state index contributed by atoms with van der Waals surface area (Å²) in [5.74, 6) is -6.80. The lowest BCUT2D eigenvalue weighted by molar-refractivity contribution is -0.277. The van der Waals surface area contributed by atoms with Crippen molar-refractivity contribution in [1.29, 1.82) is 0 Å². The van der Waals surface area contributed by atoms with Crippen LogP contribution in [-0.2, 0) is 66.6 Å². The van der Waals surface area contributed by atoms with Gasteiger partial charge in [-0.2, -0.15) is 0 Å². The van der Waals surface area contributed by atoms with E-state index in [4.69, 9.17) is 42.6 Å². The van der Waals surface area contributed by atoms with Crippen LogP contribution in [0.4, 0.5) is 0 Å². The number of fused-ring (bicyclic) bond motifs is 3. The summed E-state index contributed by atoms with van der Waals surface area (Å²) in [6.45, 7) is 15.3. The number of carbonyl (C=O) groups excluding carboxylic acids is 5. The highest BCUT2D eigenvalue weighted by Gasteiger charge is 2.55. The van der Waals surface area contributed by atoms with E-state index in [-0.39, 0.29) is 73.6 Å². The van der Waals surface area contributed by atoms with E-state index in [1.54, 1.807) is 27.0 Å². The molecule has 5 aliphatic rings. The number of cyclic esters (lactones) is 1. The fraction of sp³-hybridized carbons (Fsp3) is 0.780. The van der Waals surface area contributed by atoms with Crippen molar-refractivity contribution < 1.29 is 76.8 Å². The van der Waals surface area contributed by atoms with Crippen molar-refractivity contribution in [3.8, 4) is 0 Å². The molecule has 4 fully saturated rings. The molecule has 17 nitrogen and oxygen atoms in total. The number of carbonyl (C=O) groups is 5. The zero-order valence-corrected chi connectivity index (χ0v) is 47.3. The third kappa shape index (κ3) is 17.5. The number of Topliss-reactive ketones (excluding diaryl/α,β-unsaturated/α-hetero) is 3. The molecule has 2 bridgehead atoms. The van der Waals surface area contributed by atoms with Crippen LogP contribution in [0, 0.1) is 35.5 Å². The summed E-state index contributed by atoms with van der Waals surface area (Å²) in [6.07, 6.45) is 13.3. The van der Waals surface area contributed by atoms with Gasteiger partial charge in [0.2, 0.25) is 5.79 Å². The zero-order valence-electron chi connectivity index (χ0n) is 47.3. The van der Waals surface area contributed by atoms with E-state index < -0.39 is 77.8 Å². The number of hydrogen-bond acceptors (Lipinski definition) is 16. The van der Waals surface area contributed by atoms with Gasteiger partial charge in [-0.3, -0.25) is 19.2 Å². The van der Waals surface area contributed by atoms with Crippen LogP contribution >= 0.6 is 0 Å². The summed E-state index contributed by atoms with van der Waals surface area (Å²) in [5, 5.41) is 20.9. The van der Waals surface area contributed by atoms with E-state index in [0.29, 0.717) is 96.4 Å². The number of allylic oxidation sites excluding steroid dienone is 6. The molecule has 76 heavy (non-hydrogen) atoms. The smallest absolute Gasteiger partial charge is 0.329 e. The molecule has 0 radical (unpaired) electrons. The molecule has 5 rings (SSSR count). The number of aliphatic hydroxyl groups is 2. The highest BCUT2D eigenvalue weighted by molar-refractivity contribution is 6.39. The predicted octanol–water partition coefficient (Wildman–Crippen LogP) is 7.03. The third-order valence-electron chi connectivity index (χ3n) is 16.4. The Balaban J connectivity index is 1.47. The van der Waals surface area contributed by atoms with Gasteiger partial charge in [0.05, 0.1) is 50.8 Å². The van der Waals surface area contributed by atoms with Crippen LogP contribution in [0.1, 0.15) is 132 Å². The molecule has 1 aliphatic carbocycles. The van der Waals surface area contributed by atoms with E-state index in [0.717, 1.165) is 18.4 Å². The summed E-state index contributed by atoms with van der Waals surface area (Å²) in [6, 6.07) is -1.11. The van der Waals surface area contributed by atoms with Gasteiger partial charge in [0.25, 0.3) is 11.7 Å². The van der Waals surface area contributed by atoms with Crippen molar-refractivity contribution in [2.75, 3.05) is 67.5 Å². The Morgan fingerprint density at radius 3 is 2.25 bits per heavy atom. The van der Waals surface area contributed by atoms with Gasteiger partial charge in [0.15, 0.2) is 5.78 Å². The number of nitrogens with zero attached hydrogens (tertiary/aromatic N) is 1. The van der Waals surface area contributed by atoms with Crippen molar-refractivity contribution in [2.45, 2.75) is 193 Å². The number of hydrogen-bond donors (Lipinski definition) is 2.